The highest BCUT2D eigenvalue weighted by Crippen LogP contribution is 2.38. The second-order valence-corrected chi connectivity index (χ2v) is 9.57. The van der Waals surface area contributed by atoms with Crippen LogP contribution in [-0.2, 0) is 22.4 Å². The van der Waals surface area contributed by atoms with Crippen molar-refractivity contribution in [3.63, 3.8) is 0 Å². The summed E-state index contributed by atoms with van der Waals surface area (Å²) in [6, 6.07) is 3.35. The third-order valence-electron chi connectivity index (χ3n) is 5.73. The third-order valence-corrected chi connectivity index (χ3v) is 6.94. The quantitative estimate of drug-likeness (QED) is 0.667. The van der Waals surface area contributed by atoms with Gasteiger partial charge < -0.3 is 19.4 Å². The predicted molar refractivity (Wildman–Crippen MR) is 121 cm³/mol. The van der Waals surface area contributed by atoms with Gasteiger partial charge in [0, 0.05) is 31.1 Å². The van der Waals surface area contributed by atoms with Gasteiger partial charge in [0.05, 0.1) is 24.5 Å². The van der Waals surface area contributed by atoms with Crippen LogP contribution in [0.1, 0.15) is 58.0 Å². The largest absolute Gasteiger partial charge is 0.459 e. The number of anilines is 1. The topological polar surface area (TPSA) is 92.1 Å². The Balaban J connectivity index is 1.37. The molecular weight excluding hydrogens is 430 g/mol. The number of hydrogen-bond acceptors (Lipinski definition) is 7. The van der Waals surface area contributed by atoms with Gasteiger partial charge in [0.1, 0.15) is 5.00 Å². The molecule has 1 aliphatic heterocycles. The van der Waals surface area contributed by atoms with Gasteiger partial charge in [-0.25, -0.2) is 4.79 Å². The second-order valence-electron chi connectivity index (χ2n) is 8.46. The molecule has 1 N–H and O–H groups in total. The molecule has 2 amide bonds. The van der Waals surface area contributed by atoms with Crippen molar-refractivity contribution in [1.29, 1.82) is 0 Å². The maximum absolute atomic E-state index is 12.8. The van der Waals surface area contributed by atoms with Crippen LogP contribution in [-0.4, -0.2) is 66.4 Å². The number of rotatable bonds is 6. The Labute approximate surface area is 191 Å². The first kappa shape index (κ1) is 22.5. The van der Waals surface area contributed by atoms with Crippen molar-refractivity contribution in [3.05, 3.63) is 40.2 Å². The van der Waals surface area contributed by atoms with E-state index in [9.17, 15) is 14.4 Å². The summed E-state index contributed by atoms with van der Waals surface area (Å²) in [5, 5.41) is 3.56. The van der Waals surface area contributed by atoms with E-state index in [1.807, 2.05) is 18.7 Å². The monoisotopic (exact) mass is 459 g/mol. The predicted octanol–water partition coefficient (Wildman–Crippen LogP) is 3.18. The van der Waals surface area contributed by atoms with Crippen LogP contribution >= 0.6 is 11.3 Å². The average molecular weight is 460 g/mol. The van der Waals surface area contributed by atoms with Crippen molar-refractivity contribution in [1.82, 2.24) is 9.80 Å². The van der Waals surface area contributed by atoms with Crippen LogP contribution in [0.4, 0.5) is 5.00 Å². The number of nitrogens with zero attached hydrogens (tertiary/aromatic N) is 2. The van der Waals surface area contributed by atoms with Crippen LogP contribution in [0.5, 0.6) is 0 Å². The maximum atomic E-state index is 12.8. The molecule has 0 unspecified atom stereocenters. The minimum absolute atomic E-state index is 0.128. The maximum Gasteiger partial charge on any atom is 0.341 e. The van der Waals surface area contributed by atoms with Crippen molar-refractivity contribution in [2.45, 2.75) is 45.6 Å². The second kappa shape index (κ2) is 9.87. The summed E-state index contributed by atoms with van der Waals surface area (Å²) >= 11 is 1.50. The summed E-state index contributed by atoms with van der Waals surface area (Å²) < 4.78 is 10.6. The molecule has 9 heteroatoms. The van der Waals surface area contributed by atoms with E-state index < -0.39 is 0 Å². The number of aryl methyl sites for hydroxylation is 1. The number of piperazine rings is 1. The van der Waals surface area contributed by atoms with Crippen LogP contribution in [0.15, 0.2) is 22.8 Å². The smallest absolute Gasteiger partial charge is 0.341 e. The van der Waals surface area contributed by atoms with E-state index in [0.29, 0.717) is 42.5 Å². The fourth-order valence-corrected chi connectivity index (χ4v) is 5.47. The lowest BCUT2D eigenvalue weighted by atomic mass is 9.95. The lowest BCUT2D eigenvalue weighted by Crippen LogP contribution is -2.50. The molecule has 2 aromatic heterocycles. The van der Waals surface area contributed by atoms with Crippen LogP contribution < -0.4 is 5.32 Å². The Morgan fingerprint density at radius 3 is 2.59 bits per heavy atom. The number of fused-ring (bicyclic) bond motifs is 1. The van der Waals surface area contributed by atoms with Gasteiger partial charge in [-0.15, -0.1) is 11.3 Å². The van der Waals surface area contributed by atoms with E-state index >= 15 is 0 Å². The zero-order valence-electron chi connectivity index (χ0n) is 18.5. The van der Waals surface area contributed by atoms with E-state index in [2.05, 4.69) is 5.32 Å². The summed E-state index contributed by atoms with van der Waals surface area (Å²) in [5.74, 6) is -0.317. The molecule has 0 saturated carbocycles. The summed E-state index contributed by atoms with van der Waals surface area (Å²) in [6.07, 6.45) is 5.19. The van der Waals surface area contributed by atoms with Crippen molar-refractivity contribution in [2.24, 2.45) is 0 Å². The molecule has 0 spiro atoms. The highest BCUT2D eigenvalue weighted by atomic mass is 32.1. The van der Waals surface area contributed by atoms with E-state index in [-0.39, 0.29) is 30.4 Å². The summed E-state index contributed by atoms with van der Waals surface area (Å²) in [7, 11) is 0. The van der Waals surface area contributed by atoms with Gasteiger partial charge >= 0.3 is 5.97 Å². The number of esters is 1. The minimum atomic E-state index is -0.361. The molecule has 0 bridgehead atoms. The van der Waals surface area contributed by atoms with Gasteiger partial charge in [0.2, 0.25) is 5.91 Å². The number of nitrogens with one attached hydrogen (secondary N) is 1. The fraction of sp³-hybridized carbons (Fsp3) is 0.522. The number of hydrogen-bond donors (Lipinski definition) is 1. The van der Waals surface area contributed by atoms with Crippen molar-refractivity contribution in [2.75, 3.05) is 38.0 Å². The molecule has 3 heterocycles. The van der Waals surface area contributed by atoms with Gasteiger partial charge in [-0.05, 0) is 57.2 Å². The molecule has 4 rings (SSSR count). The summed E-state index contributed by atoms with van der Waals surface area (Å²) in [5.41, 5.74) is 1.56. The number of carbonyl (C=O) groups excluding carboxylic acids is 3. The summed E-state index contributed by atoms with van der Waals surface area (Å²) in [6.45, 7) is 6.13. The van der Waals surface area contributed by atoms with Gasteiger partial charge in [-0.3, -0.25) is 14.5 Å². The van der Waals surface area contributed by atoms with Crippen molar-refractivity contribution in [3.8, 4) is 0 Å². The number of thiophene rings is 1. The Morgan fingerprint density at radius 1 is 1.16 bits per heavy atom. The van der Waals surface area contributed by atoms with Crippen LogP contribution in [0, 0.1) is 0 Å². The molecule has 32 heavy (non-hydrogen) atoms. The molecule has 2 aliphatic rings. The number of amides is 2. The molecule has 1 aliphatic carbocycles. The third kappa shape index (κ3) is 5.05. The Bertz CT molecular complexity index is 974. The number of ether oxygens (including phenoxy) is 1. The lowest BCUT2D eigenvalue weighted by molar-refractivity contribution is -0.117. The zero-order chi connectivity index (χ0) is 22.7. The fourth-order valence-electron chi connectivity index (χ4n) is 4.18. The van der Waals surface area contributed by atoms with Crippen molar-refractivity contribution < 1.29 is 23.5 Å². The first-order valence-electron chi connectivity index (χ1n) is 11.1. The first-order valence-corrected chi connectivity index (χ1v) is 11.9. The van der Waals surface area contributed by atoms with E-state index in [1.54, 1.807) is 17.0 Å². The average Bonchev–Trinajstić information content (AvgIpc) is 3.41. The number of carbonyl (C=O) groups is 3. The molecule has 1 saturated heterocycles. The Morgan fingerprint density at radius 2 is 1.91 bits per heavy atom. The highest BCUT2D eigenvalue weighted by Gasteiger charge is 2.29. The zero-order valence-corrected chi connectivity index (χ0v) is 19.3. The minimum Gasteiger partial charge on any atom is -0.459 e. The Hall–Kier alpha value is -2.65. The van der Waals surface area contributed by atoms with E-state index in [4.69, 9.17) is 9.15 Å². The first-order chi connectivity index (χ1) is 15.4. The van der Waals surface area contributed by atoms with E-state index in [1.165, 1.54) is 22.5 Å². The summed E-state index contributed by atoms with van der Waals surface area (Å²) in [4.78, 5) is 42.9. The van der Waals surface area contributed by atoms with Crippen LogP contribution in [0.25, 0.3) is 0 Å². The van der Waals surface area contributed by atoms with Crippen molar-refractivity contribution >= 4 is 34.1 Å². The number of furan rings is 1. The Kier molecular flexibility index (Phi) is 6.95. The van der Waals surface area contributed by atoms with Gasteiger partial charge in [0.25, 0.3) is 5.91 Å². The van der Waals surface area contributed by atoms with Crippen LogP contribution in [0.2, 0.25) is 0 Å². The molecule has 8 nitrogen and oxygen atoms in total. The van der Waals surface area contributed by atoms with Gasteiger partial charge in [0.15, 0.2) is 5.76 Å². The molecule has 172 valence electrons. The standard InChI is InChI=1S/C23H29N3O5S/c1-15(2)31-23(29)20-16-6-3-4-8-18(16)32-21(20)24-19(27)14-25-9-11-26(12-10-25)22(28)17-7-5-13-30-17/h5,7,13,15H,3-4,6,8-12,14H2,1-2H3,(H,24,27). The van der Waals surface area contributed by atoms with E-state index in [0.717, 1.165) is 31.2 Å². The molecule has 0 aromatic carbocycles. The normalized spacial score (nSPS) is 16.7. The highest BCUT2D eigenvalue weighted by molar-refractivity contribution is 7.17. The lowest BCUT2D eigenvalue weighted by Gasteiger charge is -2.33. The molecular formula is C23H29N3O5S. The SMILES string of the molecule is CC(C)OC(=O)c1c(NC(=O)CN2CCN(C(=O)c3ccco3)CC2)sc2c1CCCC2. The molecule has 0 radical (unpaired) electrons. The molecule has 2 aromatic rings. The van der Waals surface area contributed by atoms with Gasteiger partial charge in [-0.1, -0.05) is 0 Å². The molecule has 0 atom stereocenters. The van der Waals surface area contributed by atoms with Crippen LogP contribution in [0.3, 0.4) is 0 Å². The van der Waals surface area contributed by atoms with Gasteiger partial charge in [-0.2, -0.15) is 0 Å². The molecule has 1 fully saturated rings.